The normalized spacial score (nSPS) is 14.0. The minimum absolute atomic E-state index is 0.0550. The van der Waals surface area contributed by atoms with Crippen LogP contribution in [0.4, 0.5) is 5.69 Å². The first-order valence-corrected chi connectivity index (χ1v) is 13.2. The Morgan fingerprint density at radius 3 is 2.46 bits per heavy atom. The minimum Gasteiger partial charge on any atom is -0.354 e. The molecule has 1 aliphatic heterocycles. The highest BCUT2D eigenvalue weighted by Gasteiger charge is 2.27. The highest BCUT2D eigenvalue weighted by atomic mass is 35.5. The summed E-state index contributed by atoms with van der Waals surface area (Å²) in [4.78, 5) is 24.7. The molecule has 0 radical (unpaired) electrons. The molecule has 0 spiro atoms. The van der Waals surface area contributed by atoms with Gasteiger partial charge in [-0.3, -0.25) is 9.59 Å². The fourth-order valence-electron chi connectivity index (χ4n) is 3.92. The number of carbonyl (C=O) groups excluding carboxylic acids is 2. The maximum absolute atomic E-state index is 13.2. The van der Waals surface area contributed by atoms with Crippen molar-refractivity contribution in [3.05, 3.63) is 94.5 Å². The smallest absolute Gasteiger partial charge is 0.241 e. The summed E-state index contributed by atoms with van der Waals surface area (Å²) in [5.74, 6) is -0.499. The summed E-state index contributed by atoms with van der Waals surface area (Å²) >= 11 is 5.92. The molecule has 3 aromatic carbocycles. The van der Waals surface area contributed by atoms with Gasteiger partial charge in [-0.2, -0.15) is 4.72 Å². The summed E-state index contributed by atoms with van der Waals surface area (Å²) in [5, 5.41) is 6.23. The van der Waals surface area contributed by atoms with Crippen molar-refractivity contribution in [3.8, 4) is 0 Å². The molecule has 182 valence electrons. The van der Waals surface area contributed by atoms with E-state index >= 15 is 0 Å². The van der Waals surface area contributed by atoms with Gasteiger partial charge in [0.2, 0.25) is 21.8 Å². The molecule has 3 aromatic rings. The van der Waals surface area contributed by atoms with Crippen LogP contribution in [0.25, 0.3) is 0 Å². The topological polar surface area (TPSA) is 104 Å². The van der Waals surface area contributed by atoms with E-state index in [0.717, 1.165) is 16.7 Å². The zero-order valence-corrected chi connectivity index (χ0v) is 20.5. The third kappa shape index (κ3) is 6.69. The van der Waals surface area contributed by atoms with Crippen LogP contribution in [0.5, 0.6) is 0 Å². The SMILES string of the molecule is O=C1CCc2cc(S(=O)(=O)N[C@H](Cc3ccccc3)C(=O)NCCc3ccc(Cl)cc3)ccc2N1. The number of anilines is 1. The summed E-state index contributed by atoms with van der Waals surface area (Å²) in [6, 6.07) is 20.2. The highest BCUT2D eigenvalue weighted by Crippen LogP contribution is 2.25. The number of aryl methyl sites for hydroxylation is 1. The van der Waals surface area contributed by atoms with Crippen molar-refractivity contribution in [3.63, 3.8) is 0 Å². The van der Waals surface area contributed by atoms with Crippen LogP contribution in [0.15, 0.2) is 77.7 Å². The molecule has 35 heavy (non-hydrogen) atoms. The van der Waals surface area contributed by atoms with Gasteiger partial charge < -0.3 is 10.6 Å². The second-order valence-corrected chi connectivity index (χ2v) is 10.5. The predicted molar refractivity (Wildman–Crippen MR) is 136 cm³/mol. The van der Waals surface area contributed by atoms with Gasteiger partial charge in [-0.05, 0) is 66.3 Å². The second-order valence-electron chi connectivity index (χ2n) is 8.40. The standard InChI is InChI=1S/C26H26ClN3O4S/c27-21-9-6-18(7-10-21)14-15-28-26(32)24(16-19-4-2-1-3-5-19)30-35(33,34)22-11-12-23-20(17-22)8-13-25(31)29-23/h1-7,9-12,17,24,30H,8,13-16H2,(H,28,32)(H,29,31)/t24-/m1/s1. The van der Waals surface area contributed by atoms with Crippen molar-refractivity contribution in [2.24, 2.45) is 0 Å². The zero-order chi connectivity index (χ0) is 24.8. The Kier molecular flexibility index (Phi) is 7.85. The summed E-state index contributed by atoms with van der Waals surface area (Å²) in [6.45, 7) is 0.353. The highest BCUT2D eigenvalue weighted by molar-refractivity contribution is 7.89. The van der Waals surface area contributed by atoms with Crippen LogP contribution in [-0.4, -0.2) is 32.8 Å². The number of hydrogen-bond donors (Lipinski definition) is 3. The van der Waals surface area contributed by atoms with E-state index in [1.807, 2.05) is 42.5 Å². The van der Waals surface area contributed by atoms with E-state index < -0.39 is 22.0 Å². The average molecular weight is 512 g/mol. The van der Waals surface area contributed by atoms with Gasteiger partial charge >= 0.3 is 0 Å². The van der Waals surface area contributed by atoms with Gasteiger partial charge in [0, 0.05) is 23.7 Å². The molecule has 0 aromatic heterocycles. The first kappa shape index (κ1) is 24.9. The average Bonchev–Trinajstić information content (AvgIpc) is 2.85. The molecular weight excluding hydrogens is 486 g/mol. The lowest BCUT2D eigenvalue weighted by molar-refractivity contribution is -0.122. The Bertz CT molecular complexity index is 1310. The van der Waals surface area contributed by atoms with Gasteiger partial charge in [0.15, 0.2) is 0 Å². The molecular formula is C26H26ClN3O4S. The number of fused-ring (bicyclic) bond motifs is 1. The number of rotatable bonds is 9. The molecule has 0 saturated heterocycles. The van der Waals surface area contributed by atoms with E-state index in [4.69, 9.17) is 11.6 Å². The van der Waals surface area contributed by atoms with Crippen molar-refractivity contribution >= 4 is 39.1 Å². The maximum Gasteiger partial charge on any atom is 0.241 e. The number of amides is 2. The van der Waals surface area contributed by atoms with Crippen LogP contribution < -0.4 is 15.4 Å². The van der Waals surface area contributed by atoms with Crippen molar-refractivity contribution in [1.82, 2.24) is 10.0 Å². The molecule has 0 bridgehead atoms. The fraction of sp³-hybridized carbons (Fsp3) is 0.231. The summed E-state index contributed by atoms with van der Waals surface area (Å²) < 4.78 is 29.0. The molecule has 0 aliphatic carbocycles. The Balaban J connectivity index is 1.49. The second kappa shape index (κ2) is 11.0. The Morgan fingerprint density at radius 1 is 0.971 bits per heavy atom. The summed E-state index contributed by atoms with van der Waals surface area (Å²) in [6.07, 6.45) is 1.55. The van der Waals surface area contributed by atoms with Crippen molar-refractivity contribution < 1.29 is 18.0 Å². The van der Waals surface area contributed by atoms with Crippen LogP contribution >= 0.6 is 11.6 Å². The van der Waals surface area contributed by atoms with Crippen molar-refractivity contribution in [2.75, 3.05) is 11.9 Å². The molecule has 4 rings (SSSR count). The number of benzene rings is 3. The van der Waals surface area contributed by atoms with Gasteiger partial charge in [-0.25, -0.2) is 8.42 Å². The maximum atomic E-state index is 13.2. The molecule has 1 atom stereocenters. The van der Waals surface area contributed by atoms with E-state index in [0.29, 0.717) is 36.5 Å². The van der Waals surface area contributed by atoms with Crippen LogP contribution in [0, 0.1) is 0 Å². The number of carbonyl (C=O) groups is 2. The number of hydrogen-bond acceptors (Lipinski definition) is 4. The minimum atomic E-state index is -3.99. The summed E-state index contributed by atoms with van der Waals surface area (Å²) in [5.41, 5.74) is 3.21. The molecule has 7 nitrogen and oxygen atoms in total. The van der Waals surface area contributed by atoms with Crippen LogP contribution in [0.3, 0.4) is 0 Å². The molecule has 0 saturated carbocycles. The number of halogens is 1. The molecule has 9 heteroatoms. The zero-order valence-electron chi connectivity index (χ0n) is 19.0. The van der Waals surface area contributed by atoms with Crippen molar-refractivity contribution in [2.45, 2.75) is 36.6 Å². The Hall–Kier alpha value is -3.20. The third-order valence-electron chi connectivity index (χ3n) is 5.81. The number of sulfonamides is 1. The van der Waals surface area contributed by atoms with E-state index in [1.165, 1.54) is 6.07 Å². The molecule has 0 unspecified atom stereocenters. The van der Waals surface area contributed by atoms with Gasteiger partial charge in [-0.1, -0.05) is 54.1 Å². The Morgan fingerprint density at radius 2 is 1.71 bits per heavy atom. The third-order valence-corrected chi connectivity index (χ3v) is 7.53. The van der Waals surface area contributed by atoms with Gasteiger partial charge in [0.25, 0.3) is 0 Å². The van der Waals surface area contributed by atoms with Gasteiger partial charge in [0.05, 0.1) is 4.90 Å². The summed E-state index contributed by atoms with van der Waals surface area (Å²) in [7, 11) is -3.99. The predicted octanol–water partition coefficient (Wildman–Crippen LogP) is 3.47. The molecule has 1 aliphatic rings. The first-order chi connectivity index (χ1) is 16.8. The lowest BCUT2D eigenvalue weighted by Crippen LogP contribution is -2.48. The van der Waals surface area contributed by atoms with Crippen LogP contribution in [0.1, 0.15) is 23.1 Å². The Labute approximate surface area is 209 Å². The van der Waals surface area contributed by atoms with E-state index in [1.54, 1.807) is 24.3 Å². The largest absolute Gasteiger partial charge is 0.354 e. The number of nitrogens with one attached hydrogen (secondary N) is 3. The van der Waals surface area contributed by atoms with Crippen LogP contribution in [-0.2, 0) is 38.9 Å². The quantitative estimate of drug-likeness (QED) is 0.409. The van der Waals surface area contributed by atoms with Crippen molar-refractivity contribution in [1.29, 1.82) is 0 Å². The first-order valence-electron chi connectivity index (χ1n) is 11.3. The van der Waals surface area contributed by atoms with Crippen LogP contribution in [0.2, 0.25) is 5.02 Å². The fourth-order valence-corrected chi connectivity index (χ4v) is 5.30. The monoisotopic (exact) mass is 511 g/mol. The molecule has 2 amide bonds. The van der Waals surface area contributed by atoms with E-state index in [9.17, 15) is 18.0 Å². The lowest BCUT2D eigenvalue weighted by Gasteiger charge is -2.21. The lowest BCUT2D eigenvalue weighted by atomic mass is 10.0. The van der Waals surface area contributed by atoms with Gasteiger partial charge in [-0.15, -0.1) is 0 Å². The van der Waals surface area contributed by atoms with Gasteiger partial charge in [0.1, 0.15) is 6.04 Å². The van der Waals surface area contributed by atoms with E-state index in [2.05, 4.69) is 15.4 Å². The van der Waals surface area contributed by atoms with E-state index in [-0.39, 0.29) is 17.2 Å². The molecule has 1 heterocycles. The molecule has 3 N–H and O–H groups in total. The molecule has 0 fully saturated rings.